The Hall–Kier alpha value is -5.46. The van der Waals surface area contributed by atoms with Gasteiger partial charge in [0.25, 0.3) is 35.4 Å². The van der Waals surface area contributed by atoms with E-state index in [0.717, 1.165) is 133 Å². The van der Waals surface area contributed by atoms with Crippen molar-refractivity contribution >= 4 is 69.5 Å². The van der Waals surface area contributed by atoms with Crippen LogP contribution in [-0.2, 0) is 9.59 Å². The zero-order valence-electron chi connectivity index (χ0n) is 42.1. The van der Waals surface area contributed by atoms with E-state index in [0.29, 0.717) is 71.0 Å². The highest BCUT2D eigenvalue weighted by atomic mass is 32.1. The van der Waals surface area contributed by atoms with Gasteiger partial charge >= 0.3 is 0 Å². The number of carbonyl (C=O) groups is 6. The smallest absolute Gasteiger partial charge is 0.261 e. The monoisotopic (exact) mass is 982 g/mol. The van der Waals surface area contributed by atoms with E-state index in [1.165, 1.54) is 32.5 Å². The second-order valence-electron chi connectivity index (χ2n) is 19.6. The number of benzene rings is 2. The topological polar surface area (TPSA) is 115 Å². The lowest BCUT2D eigenvalue weighted by molar-refractivity contribution is -0.124. The van der Waals surface area contributed by atoms with Gasteiger partial charge in [-0.1, -0.05) is 131 Å². The molecule has 0 aliphatic carbocycles. The van der Waals surface area contributed by atoms with Gasteiger partial charge in [0.15, 0.2) is 0 Å². The average Bonchev–Trinajstić information content (AvgIpc) is 4.23. The summed E-state index contributed by atoms with van der Waals surface area (Å²) in [4.78, 5) is 94.8. The summed E-state index contributed by atoms with van der Waals surface area (Å²) in [5, 5.41) is 0. The van der Waals surface area contributed by atoms with E-state index in [9.17, 15) is 19.2 Å². The number of rotatable bonds is 26. The molecule has 0 bridgehead atoms. The molecule has 0 N–H and O–H groups in total. The molecule has 2 unspecified atom stereocenters. The first-order valence-electron chi connectivity index (χ1n) is 26.3. The SMILES string of the molecule is CCCCCCN1C(=O)c2ccc(-c3ccc(C4=C5C(=O)N(CC(CC)CCCC)C(c6ccc(-c7ccc8c(c7)C(=O)N(CCCCCC)C8=O)s6)=C5C(=O)N4CC(CC)CCCC)s3)cc2C1=O. The molecule has 4 aliphatic heterocycles. The van der Waals surface area contributed by atoms with E-state index in [1.807, 2.05) is 58.3 Å². The predicted molar refractivity (Wildman–Crippen MR) is 282 cm³/mol. The molecule has 6 heterocycles. The van der Waals surface area contributed by atoms with Gasteiger partial charge in [-0.2, -0.15) is 0 Å². The van der Waals surface area contributed by atoms with Crippen molar-refractivity contribution in [3.63, 3.8) is 0 Å². The Morgan fingerprint density at radius 1 is 0.386 bits per heavy atom. The maximum atomic E-state index is 15.4. The highest BCUT2D eigenvalue weighted by molar-refractivity contribution is 7.17. The second-order valence-corrected chi connectivity index (χ2v) is 21.8. The fourth-order valence-electron chi connectivity index (χ4n) is 10.5. The third-order valence-electron chi connectivity index (χ3n) is 14.8. The van der Waals surface area contributed by atoms with Crippen LogP contribution in [0.15, 0.2) is 71.8 Å². The van der Waals surface area contributed by atoms with Gasteiger partial charge in [-0.25, -0.2) is 0 Å². The Kier molecular flexibility index (Phi) is 16.5. The molecular weight excluding hydrogens is 913 g/mol. The number of fused-ring (bicyclic) bond motifs is 3. The van der Waals surface area contributed by atoms with E-state index in [1.54, 1.807) is 12.1 Å². The van der Waals surface area contributed by atoms with Gasteiger partial charge in [-0.15, -0.1) is 22.7 Å². The van der Waals surface area contributed by atoms with Crippen LogP contribution < -0.4 is 0 Å². The Labute approximate surface area is 422 Å². The number of thiophene rings is 2. The van der Waals surface area contributed by atoms with Crippen LogP contribution in [0.1, 0.15) is 195 Å². The molecule has 2 atom stereocenters. The maximum Gasteiger partial charge on any atom is 0.261 e. The largest absolute Gasteiger partial charge is 0.306 e. The molecular formula is C58H70N4O6S2. The van der Waals surface area contributed by atoms with E-state index in [4.69, 9.17) is 0 Å². The summed E-state index contributed by atoms with van der Waals surface area (Å²) in [6.07, 6.45) is 15.6. The normalized spacial score (nSPS) is 16.5. The Morgan fingerprint density at radius 2 is 0.757 bits per heavy atom. The first-order chi connectivity index (χ1) is 34.0. The lowest BCUT2D eigenvalue weighted by Gasteiger charge is -2.29. The van der Waals surface area contributed by atoms with Crippen molar-refractivity contribution < 1.29 is 28.8 Å². The van der Waals surface area contributed by atoms with Crippen molar-refractivity contribution in [2.75, 3.05) is 26.2 Å². The summed E-state index contributed by atoms with van der Waals surface area (Å²) in [6, 6.07) is 19.0. The molecule has 4 aliphatic rings. The molecule has 2 aromatic carbocycles. The summed E-state index contributed by atoms with van der Waals surface area (Å²) in [7, 11) is 0. The Bertz CT molecular complexity index is 2540. The average molecular weight is 983 g/mol. The van der Waals surface area contributed by atoms with Crippen LogP contribution in [0.2, 0.25) is 0 Å². The van der Waals surface area contributed by atoms with Crippen LogP contribution in [-0.4, -0.2) is 81.2 Å². The molecule has 370 valence electrons. The zero-order valence-corrected chi connectivity index (χ0v) is 43.8. The summed E-state index contributed by atoms with van der Waals surface area (Å²) >= 11 is 3.00. The van der Waals surface area contributed by atoms with Crippen LogP contribution in [0.25, 0.3) is 32.3 Å². The number of hydrogen-bond donors (Lipinski definition) is 0. The zero-order chi connectivity index (χ0) is 49.6. The lowest BCUT2D eigenvalue weighted by atomic mass is 9.98. The molecule has 2 aromatic heterocycles. The molecule has 8 rings (SSSR count). The van der Waals surface area contributed by atoms with Gasteiger partial charge in [-0.3, -0.25) is 38.6 Å². The molecule has 6 amide bonds. The molecule has 0 fully saturated rings. The third-order valence-corrected chi connectivity index (χ3v) is 17.1. The summed E-state index contributed by atoms with van der Waals surface area (Å²) in [5.74, 6) is -0.886. The minimum Gasteiger partial charge on any atom is -0.306 e. The number of amides is 6. The number of carbonyl (C=O) groups excluding carboxylic acids is 6. The van der Waals surface area contributed by atoms with E-state index >= 15 is 9.59 Å². The second kappa shape index (κ2) is 22.7. The number of unbranched alkanes of at least 4 members (excludes halogenated alkanes) is 8. The highest BCUT2D eigenvalue weighted by Crippen LogP contribution is 2.51. The molecule has 0 saturated carbocycles. The van der Waals surface area contributed by atoms with Crippen LogP contribution >= 0.6 is 22.7 Å². The van der Waals surface area contributed by atoms with Gasteiger partial charge < -0.3 is 9.80 Å². The van der Waals surface area contributed by atoms with Gasteiger partial charge in [0.05, 0.1) is 54.5 Å². The summed E-state index contributed by atoms with van der Waals surface area (Å²) in [5.41, 5.74) is 5.45. The third kappa shape index (κ3) is 9.92. The fourth-order valence-corrected chi connectivity index (χ4v) is 12.7. The van der Waals surface area contributed by atoms with Crippen molar-refractivity contribution in [3.8, 4) is 20.9 Å². The van der Waals surface area contributed by atoms with Gasteiger partial charge in [0, 0.05) is 35.9 Å². The number of hydrogen-bond acceptors (Lipinski definition) is 8. The molecule has 12 heteroatoms. The highest BCUT2D eigenvalue weighted by Gasteiger charge is 2.50. The number of nitrogens with zero attached hydrogens (tertiary/aromatic N) is 4. The van der Waals surface area contributed by atoms with Crippen molar-refractivity contribution in [2.24, 2.45) is 11.8 Å². The quantitative estimate of drug-likeness (QED) is 0.0457. The molecule has 70 heavy (non-hydrogen) atoms. The van der Waals surface area contributed by atoms with E-state index < -0.39 is 0 Å². The molecule has 4 aromatic rings. The van der Waals surface area contributed by atoms with Gasteiger partial charge in [-0.05, 0) is 97.2 Å². The summed E-state index contributed by atoms with van der Waals surface area (Å²) in [6.45, 7) is 14.8. The fraction of sp³-hybridized carbons (Fsp3) is 0.483. The molecule has 0 radical (unpaired) electrons. The predicted octanol–water partition coefficient (Wildman–Crippen LogP) is 13.7. The van der Waals surface area contributed by atoms with E-state index in [-0.39, 0.29) is 47.3 Å². The first kappa shape index (κ1) is 50.9. The van der Waals surface area contributed by atoms with Crippen molar-refractivity contribution in [2.45, 2.75) is 144 Å². The lowest BCUT2D eigenvalue weighted by Crippen LogP contribution is -2.34. The molecule has 0 spiro atoms. The Balaban J connectivity index is 1.20. The van der Waals surface area contributed by atoms with Crippen LogP contribution in [0, 0.1) is 11.8 Å². The first-order valence-corrected chi connectivity index (χ1v) is 28.0. The minimum absolute atomic E-state index is 0.168. The van der Waals surface area contributed by atoms with Gasteiger partial charge in [0.2, 0.25) is 0 Å². The number of imide groups is 2. The van der Waals surface area contributed by atoms with E-state index in [2.05, 4.69) is 41.5 Å². The van der Waals surface area contributed by atoms with Gasteiger partial charge in [0.1, 0.15) is 0 Å². The molecule has 10 nitrogen and oxygen atoms in total. The van der Waals surface area contributed by atoms with Crippen LogP contribution in [0.3, 0.4) is 0 Å². The molecule has 0 saturated heterocycles. The Morgan fingerprint density at radius 3 is 1.13 bits per heavy atom. The van der Waals surface area contributed by atoms with Crippen molar-refractivity contribution in [1.29, 1.82) is 0 Å². The van der Waals surface area contributed by atoms with Crippen molar-refractivity contribution in [1.82, 2.24) is 19.6 Å². The van der Waals surface area contributed by atoms with Crippen LogP contribution in [0.4, 0.5) is 0 Å². The standard InChI is InChI=1S/C58H70N4O6S2/c1-7-13-17-19-31-59-53(63)41-25-23-39(33-43(41)55(59)65)45-27-29-47(69-45)51-49-50(58(68)61(51)35-37(11-5)21-15-9-3)52(62(57(49)67)36-38(12-6)22-16-10-4)48-30-28-46(70-48)40-24-26-42-44(34-40)56(66)60(54(42)64)32-20-18-14-8-2/h23-30,33-34,37-38H,7-22,31-32,35-36H2,1-6H3. The maximum absolute atomic E-state index is 15.4. The minimum atomic E-state index is -0.259. The van der Waals surface area contributed by atoms with Crippen LogP contribution in [0.5, 0.6) is 0 Å². The van der Waals surface area contributed by atoms with Crippen molar-refractivity contribution in [3.05, 3.63) is 104 Å². The summed E-state index contributed by atoms with van der Waals surface area (Å²) < 4.78 is 0.